The summed E-state index contributed by atoms with van der Waals surface area (Å²) in [5.41, 5.74) is 0. The van der Waals surface area contributed by atoms with Gasteiger partial charge in [-0.15, -0.1) is 0 Å². The fourth-order valence-electron chi connectivity index (χ4n) is 0.714. The number of methoxy groups -OCH3 is 2. The first kappa shape index (κ1) is 9.94. The normalized spacial score (nSPS) is 9.45. The highest BCUT2D eigenvalue weighted by atomic mass is 16.5. The fourth-order valence-corrected chi connectivity index (χ4v) is 0.714. The molecule has 0 saturated heterocycles. The van der Waals surface area contributed by atoms with Crippen LogP contribution in [0.2, 0.25) is 0 Å². The summed E-state index contributed by atoms with van der Waals surface area (Å²) in [5, 5.41) is 0. The van der Waals surface area contributed by atoms with Crippen LogP contribution in [0.3, 0.4) is 0 Å². The van der Waals surface area contributed by atoms with Crippen LogP contribution in [-0.2, 0) is 19.1 Å². The molecule has 0 aromatic heterocycles. The van der Waals surface area contributed by atoms with E-state index >= 15 is 0 Å². The van der Waals surface area contributed by atoms with Crippen LogP contribution in [0.1, 0.15) is 13.3 Å². The maximum Gasteiger partial charge on any atom is 0.320 e. The minimum atomic E-state index is -0.773. The zero-order valence-corrected chi connectivity index (χ0v) is 6.92. The molecule has 0 N–H and O–H groups in total. The summed E-state index contributed by atoms with van der Waals surface area (Å²) in [6.45, 7) is 1.72. The van der Waals surface area contributed by atoms with Gasteiger partial charge in [-0.3, -0.25) is 9.59 Å². The highest BCUT2D eigenvalue weighted by Gasteiger charge is 2.25. The van der Waals surface area contributed by atoms with Gasteiger partial charge in [0, 0.05) is 0 Å². The van der Waals surface area contributed by atoms with Crippen molar-refractivity contribution >= 4 is 11.9 Å². The molecule has 0 radical (unpaired) electrons. The van der Waals surface area contributed by atoms with Gasteiger partial charge in [0.15, 0.2) is 5.92 Å². The van der Waals surface area contributed by atoms with E-state index in [1.165, 1.54) is 14.2 Å². The average molecular weight is 160 g/mol. The van der Waals surface area contributed by atoms with Crippen molar-refractivity contribution in [2.75, 3.05) is 14.2 Å². The lowest BCUT2D eigenvalue weighted by molar-refractivity contribution is -0.158. The Morgan fingerprint density at radius 3 is 1.73 bits per heavy atom. The topological polar surface area (TPSA) is 52.6 Å². The molecule has 4 heteroatoms. The second-order valence-corrected chi connectivity index (χ2v) is 2.01. The number of esters is 2. The quantitative estimate of drug-likeness (QED) is 0.442. The second kappa shape index (κ2) is 4.71. The van der Waals surface area contributed by atoms with Crippen LogP contribution >= 0.6 is 0 Å². The number of hydrogen-bond acceptors (Lipinski definition) is 4. The van der Waals surface area contributed by atoms with Crippen molar-refractivity contribution in [1.29, 1.82) is 0 Å². The lowest BCUT2D eigenvalue weighted by Crippen LogP contribution is -2.25. The Labute approximate surface area is 65.5 Å². The monoisotopic (exact) mass is 160 g/mol. The van der Waals surface area contributed by atoms with E-state index in [0.29, 0.717) is 6.42 Å². The van der Waals surface area contributed by atoms with E-state index in [0.717, 1.165) is 0 Å². The molecule has 0 aromatic carbocycles. The SMILES string of the molecule is CCC(C(=O)OC)C(=O)OC. The Balaban J connectivity index is 4.15. The Hall–Kier alpha value is -1.06. The van der Waals surface area contributed by atoms with Crippen LogP contribution in [0.25, 0.3) is 0 Å². The van der Waals surface area contributed by atoms with Crippen LogP contribution in [0.5, 0.6) is 0 Å². The van der Waals surface area contributed by atoms with E-state index in [9.17, 15) is 9.59 Å². The highest BCUT2D eigenvalue weighted by molar-refractivity contribution is 5.94. The van der Waals surface area contributed by atoms with Gasteiger partial charge in [-0.25, -0.2) is 0 Å². The lowest BCUT2D eigenvalue weighted by Gasteiger charge is -2.08. The van der Waals surface area contributed by atoms with Gasteiger partial charge in [0.2, 0.25) is 0 Å². The predicted molar refractivity (Wildman–Crippen MR) is 37.8 cm³/mol. The molecule has 0 fully saturated rings. The molecule has 0 atom stereocenters. The van der Waals surface area contributed by atoms with E-state index in [-0.39, 0.29) is 0 Å². The lowest BCUT2D eigenvalue weighted by atomic mass is 10.1. The molecule has 64 valence electrons. The first-order valence-electron chi connectivity index (χ1n) is 3.33. The molecule has 0 amide bonds. The highest BCUT2D eigenvalue weighted by Crippen LogP contribution is 2.06. The van der Waals surface area contributed by atoms with E-state index in [1.807, 2.05) is 0 Å². The summed E-state index contributed by atoms with van der Waals surface area (Å²) in [6, 6.07) is 0. The molecule has 0 spiro atoms. The minimum absolute atomic E-state index is 0.402. The van der Waals surface area contributed by atoms with Crippen molar-refractivity contribution in [3.05, 3.63) is 0 Å². The average Bonchev–Trinajstić information content (AvgIpc) is 2.05. The standard InChI is InChI=1S/C7H12O4/c1-4-5(6(8)10-2)7(9)11-3/h5H,4H2,1-3H3. The molecule has 0 saturated carbocycles. The van der Waals surface area contributed by atoms with Gasteiger partial charge in [0.25, 0.3) is 0 Å². The zero-order chi connectivity index (χ0) is 8.85. The molecular formula is C7H12O4. The molecule has 0 aliphatic heterocycles. The molecule has 0 aliphatic carbocycles. The summed E-state index contributed by atoms with van der Waals surface area (Å²) in [4.78, 5) is 21.6. The Morgan fingerprint density at radius 1 is 1.18 bits per heavy atom. The van der Waals surface area contributed by atoms with Gasteiger partial charge in [-0.2, -0.15) is 0 Å². The Kier molecular flexibility index (Phi) is 4.26. The number of carbonyl (C=O) groups excluding carboxylic acids is 2. The number of hydrogen-bond donors (Lipinski definition) is 0. The molecule has 0 heterocycles. The van der Waals surface area contributed by atoms with E-state index < -0.39 is 17.9 Å². The Bertz CT molecular complexity index is 137. The predicted octanol–water partition coefficient (Wildman–Crippen LogP) is 0.359. The second-order valence-electron chi connectivity index (χ2n) is 2.01. The van der Waals surface area contributed by atoms with Crippen LogP contribution in [0, 0.1) is 5.92 Å². The summed E-state index contributed by atoms with van der Waals surface area (Å²) < 4.78 is 8.77. The zero-order valence-electron chi connectivity index (χ0n) is 6.92. The molecule has 11 heavy (non-hydrogen) atoms. The van der Waals surface area contributed by atoms with Crippen molar-refractivity contribution < 1.29 is 19.1 Å². The van der Waals surface area contributed by atoms with Crippen LogP contribution in [-0.4, -0.2) is 26.2 Å². The number of ether oxygens (including phenoxy) is 2. The van der Waals surface area contributed by atoms with Crippen LogP contribution < -0.4 is 0 Å². The summed E-state index contributed by atoms with van der Waals surface area (Å²) in [7, 11) is 2.49. The van der Waals surface area contributed by atoms with Gasteiger partial charge in [-0.1, -0.05) is 6.92 Å². The van der Waals surface area contributed by atoms with Crippen molar-refractivity contribution in [2.24, 2.45) is 5.92 Å². The number of carbonyl (C=O) groups is 2. The van der Waals surface area contributed by atoms with Crippen molar-refractivity contribution in [3.8, 4) is 0 Å². The molecular weight excluding hydrogens is 148 g/mol. The first-order valence-corrected chi connectivity index (χ1v) is 3.33. The van der Waals surface area contributed by atoms with Gasteiger partial charge >= 0.3 is 11.9 Å². The summed E-state index contributed by atoms with van der Waals surface area (Å²) in [6.07, 6.45) is 0.402. The third kappa shape index (κ3) is 2.57. The largest absolute Gasteiger partial charge is 0.468 e. The third-order valence-electron chi connectivity index (χ3n) is 1.38. The van der Waals surface area contributed by atoms with Crippen molar-refractivity contribution in [2.45, 2.75) is 13.3 Å². The molecule has 4 nitrogen and oxygen atoms in total. The third-order valence-corrected chi connectivity index (χ3v) is 1.38. The molecule has 0 bridgehead atoms. The van der Waals surface area contributed by atoms with Gasteiger partial charge < -0.3 is 9.47 Å². The Morgan fingerprint density at radius 2 is 1.55 bits per heavy atom. The molecule has 0 aromatic rings. The van der Waals surface area contributed by atoms with Crippen LogP contribution in [0.4, 0.5) is 0 Å². The maximum absolute atomic E-state index is 10.8. The van der Waals surface area contributed by atoms with Crippen molar-refractivity contribution in [1.82, 2.24) is 0 Å². The first-order chi connectivity index (χ1) is 5.17. The minimum Gasteiger partial charge on any atom is -0.468 e. The maximum atomic E-state index is 10.8. The van der Waals surface area contributed by atoms with Gasteiger partial charge in [0.05, 0.1) is 14.2 Å². The fraction of sp³-hybridized carbons (Fsp3) is 0.714. The van der Waals surface area contributed by atoms with E-state index in [4.69, 9.17) is 0 Å². The smallest absolute Gasteiger partial charge is 0.320 e. The summed E-state index contributed by atoms with van der Waals surface area (Å²) in [5.74, 6) is -1.86. The van der Waals surface area contributed by atoms with E-state index in [1.54, 1.807) is 6.92 Å². The summed E-state index contributed by atoms with van der Waals surface area (Å²) >= 11 is 0. The van der Waals surface area contributed by atoms with Crippen molar-refractivity contribution in [3.63, 3.8) is 0 Å². The van der Waals surface area contributed by atoms with E-state index in [2.05, 4.69) is 9.47 Å². The molecule has 0 aliphatic rings. The number of rotatable bonds is 3. The van der Waals surface area contributed by atoms with Crippen LogP contribution in [0.15, 0.2) is 0 Å². The molecule has 0 unspecified atom stereocenters. The molecule has 0 rings (SSSR count). The van der Waals surface area contributed by atoms with Gasteiger partial charge in [0.1, 0.15) is 0 Å². The van der Waals surface area contributed by atoms with Gasteiger partial charge in [-0.05, 0) is 6.42 Å².